The van der Waals surface area contributed by atoms with E-state index in [2.05, 4.69) is 35.8 Å². The fourth-order valence-electron chi connectivity index (χ4n) is 2.04. The van der Waals surface area contributed by atoms with Crippen LogP contribution < -0.4 is 5.32 Å². The molecule has 1 aliphatic heterocycles. The molecule has 1 aliphatic rings. The SMILES string of the molecule is CCN(CC)CCCNCC1CCCS1. The van der Waals surface area contributed by atoms with Crippen LogP contribution in [0.5, 0.6) is 0 Å². The molecule has 0 amide bonds. The van der Waals surface area contributed by atoms with Gasteiger partial charge in [0, 0.05) is 11.8 Å². The van der Waals surface area contributed by atoms with Gasteiger partial charge in [0.15, 0.2) is 0 Å². The number of nitrogens with one attached hydrogen (secondary N) is 1. The van der Waals surface area contributed by atoms with Crippen LogP contribution in [0.3, 0.4) is 0 Å². The Morgan fingerprint density at radius 2 is 2.13 bits per heavy atom. The Morgan fingerprint density at radius 1 is 1.33 bits per heavy atom. The Bertz CT molecular complexity index is 139. The topological polar surface area (TPSA) is 15.3 Å². The van der Waals surface area contributed by atoms with Gasteiger partial charge in [-0.15, -0.1) is 0 Å². The third-order valence-corrected chi connectivity index (χ3v) is 4.52. The molecule has 15 heavy (non-hydrogen) atoms. The Balaban J connectivity index is 1.87. The minimum atomic E-state index is 0.901. The van der Waals surface area contributed by atoms with Crippen LogP contribution in [-0.2, 0) is 0 Å². The number of nitrogens with zero attached hydrogens (tertiary/aromatic N) is 1. The highest BCUT2D eigenvalue weighted by Gasteiger charge is 2.14. The van der Waals surface area contributed by atoms with Crippen molar-refractivity contribution in [3.63, 3.8) is 0 Å². The zero-order chi connectivity index (χ0) is 10.9. The minimum Gasteiger partial charge on any atom is -0.316 e. The first kappa shape index (κ1) is 13.3. The van der Waals surface area contributed by atoms with Crippen molar-refractivity contribution in [1.29, 1.82) is 0 Å². The lowest BCUT2D eigenvalue weighted by Crippen LogP contribution is -2.29. The van der Waals surface area contributed by atoms with Gasteiger partial charge in [0.05, 0.1) is 0 Å². The molecular weight excluding hydrogens is 204 g/mol. The molecule has 0 aromatic carbocycles. The zero-order valence-electron chi connectivity index (χ0n) is 10.3. The second kappa shape index (κ2) is 8.43. The third kappa shape index (κ3) is 5.79. The first-order chi connectivity index (χ1) is 7.36. The van der Waals surface area contributed by atoms with Gasteiger partial charge < -0.3 is 10.2 Å². The van der Waals surface area contributed by atoms with Gasteiger partial charge in [0.2, 0.25) is 0 Å². The first-order valence-electron chi connectivity index (χ1n) is 6.41. The Morgan fingerprint density at radius 3 is 2.73 bits per heavy atom. The summed E-state index contributed by atoms with van der Waals surface area (Å²) in [6.45, 7) is 10.5. The number of hydrogen-bond donors (Lipinski definition) is 1. The van der Waals surface area contributed by atoms with E-state index < -0.39 is 0 Å². The molecule has 0 radical (unpaired) electrons. The van der Waals surface area contributed by atoms with E-state index in [4.69, 9.17) is 0 Å². The van der Waals surface area contributed by atoms with E-state index in [1.54, 1.807) is 0 Å². The summed E-state index contributed by atoms with van der Waals surface area (Å²) in [7, 11) is 0. The summed E-state index contributed by atoms with van der Waals surface area (Å²) in [4.78, 5) is 2.49. The monoisotopic (exact) mass is 230 g/mol. The van der Waals surface area contributed by atoms with Crippen LogP contribution in [0.1, 0.15) is 33.1 Å². The van der Waals surface area contributed by atoms with Gasteiger partial charge >= 0.3 is 0 Å². The van der Waals surface area contributed by atoms with Crippen LogP contribution in [0, 0.1) is 0 Å². The molecule has 3 heteroatoms. The average molecular weight is 230 g/mol. The summed E-state index contributed by atoms with van der Waals surface area (Å²) >= 11 is 2.14. The summed E-state index contributed by atoms with van der Waals surface area (Å²) < 4.78 is 0. The van der Waals surface area contributed by atoms with E-state index in [-0.39, 0.29) is 0 Å². The molecule has 0 bridgehead atoms. The van der Waals surface area contributed by atoms with Crippen molar-refractivity contribution in [2.75, 3.05) is 38.5 Å². The van der Waals surface area contributed by atoms with Crippen molar-refractivity contribution in [3.05, 3.63) is 0 Å². The fraction of sp³-hybridized carbons (Fsp3) is 1.00. The quantitative estimate of drug-likeness (QED) is 0.644. The molecule has 1 atom stereocenters. The van der Waals surface area contributed by atoms with Crippen molar-refractivity contribution in [2.24, 2.45) is 0 Å². The molecule has 1 rings (SSSR count). The molecule has 0 saturated carbocycles. The highest BCUT2D eigenvalue weighted by molar-refractivity contribution is 8.00. The molecule has 1 fully saturated rings. The van der Waals surface area contributed by atoms with Gasteiger partial charge in [-0.25, -0.2) is 0 Å². The van der Waals surface area contributed by atoms with Gasteiger partial charge in [-0.2, -0.15) is 11.8 Å². The Labute approximate surface area is 99.2 Å². The second-order valence-electron chi connectivity index (χ2n) is 4.22. The van der Waals surface area contributed by atoms with Gasteiger partial charge in [0.25, 0.3) is 0 Å². The van der Waals surface area contributed by atoms with Gasteiger partial charge in [-0.3, -0.25) is 0 Å². The molecule has 2 nitrogen and oxygen atoms in total. The number of rotatable bonds is 8. The van der Waals surface area contributed by atoms with Gasteiger partial charge in [-0.05, 0) is 51.2 Å². The van der Waals surface area contributed by atoms with E-state index in [0.717, 1.165) is 5.25 Å². The predicted molar refractivity (Wildman–Crippen MR) is 70.8 cm³/mol. The maximum atomic E-state index is 3.58. The Hall–Kier alpha value is 0.270. The van der Waals surface area contributed by atoms with Crippen LogP contribution in [0.4, 0.5) is 0 Å². The van der Waals surface area contributed by atoms with E-state index in [1.807, 2.05) is 0 Å². The molecule has 0 aromatic heterocycles. The summed E-state index contributed by atoms with van der Waals surface area (Å²) in [6, 6.07) is 0. The summed E-state index contributed by atoms with van der Waals surface area (Å²) in [5.74, 6) is 1.38. The molecule has 1 unspecified atom stereocenters. The zero-order valence-corrected chi connectivity index (χ0v) is 11.1. The first-order valence-corrected chi connectivity index (χ1v) is 7.46. The van der Waals surface area contributed by atoms with Crippen LogP contribution in [-0.4, -0.2) is 48.6 Å². The van der Waals surface area contributed by atoms with Crippen molar-refractivity contribution in [2.45, 2.75) is 38.4 Å². The van der Waals surface area contributed by atoms with Crippen LogP contribution >= 0.6 is 11.8 Å². The van der Waals surface area contributed by atoms with Crippen LogP contribution in [0.25, 0.3) is 0 Å². The molecule has 90 valence electrons. The van der Waals surface area contributed by atoms with Gasteiger partial charge in [-0.1, -0.05) is 13.8 Å². The standard InChI is InChI=1S/C12H26N2S/c1-3-14(4-2)9-6-8-13-11-12-7-5-10-15-12/h12-13H,3-11H2,1-2H3. The molecule has 1 saturated heterocycles. The fourth-order valence-corrected chi connectivity index (χ4v) is 3.27. The maximum Gasteiger partial charge on any atom is 0.0172 e. The Kier molecular flexibility index (Phi) is 7.49. The van der Waals surface area contributed by atoms with Crippen LogP contribution in [0.15, 0.2) is 0 Å². The van der Waals surface area contributed by atoms with Crippen LogP contribution in [0.2, 0.25) is 0 Å². The summed E-state index contributed by atoms with van der Waals surface area (Å²) in [5, 5.41) is 4.48. The highest BCUT2D eigenvalue weighted by atomic mass is 32.2. The van der Waals surface area contributed by atoms with Gasteiger partial charge in [0.1, 0.15) is 0 Å². The molecule has 1 heterocycles. The van der Waals surface area contributed by atoms with Crippen molar-refractivity contribution in [3.8, 4) is 0 Å². The molecule has 0 spiro atoms. The van der Waals surface area contributed by atoms with Crippen molar-refractivity contribution in [1.82, 2.24) is 10.2 Å². The van der Waals surface area contributed by atoms with E-state index in [1.165, 1.54) is 57.7 Å². The molecular formula is C12H26N2S. The number of thioether (sulfide) groups is 1. The summed E-state index contributed by atoms with van der Waals surface area (Å²) in [5.41, 5.74) is 0. The largest absolute Gasteiger partial charge is 0.316 e. The van der Waals surface area contributed by atoms with Crippen molar-refractivity contribution >= 4 is 11.8 Å². The minimum absolute atomic E-state index is 0.901. The van der Waals surface area contributed by atoms with E-state index in [0.29, 0.717) is 0 Å². The summed E-state index contributed by atoms with van der Waals surface area (Å²) in [6.07, 6.45) is 4.14. The maximum absolute atomic E-state index is 3.58. The van der Waals surface area contributed by atoms with E-state index >= 15 is 0 Å². The van der Waals surface area contributed by atoms with Crippen molar-refractivity contribution < 1.29 is 0 Å². The molecule has 0 aromatic rings. The lowest BCUT2D eigenvalue weighted by molar-refractivity contribution is 0.298. The third-order valence-electron chi connectivity index (χ3n) is 3.12. The lowest BCUT2D eigenvalue weighted by Gasteiger charge is -2.18. The normalized spacial score (nSPS) is 21.4. The molecule has 0 aliphatic carbocycles. The van der Waals surface area contributed by atoms with E-state index in [9.17, 15) is 0 Å². The number of hydrogen-bond acceptors (Lipinski definition) is 3. The molecule has 1 N–H and O–H groups in total. The highest BCUT2D eigenvalue weighted by Crippen LogP contribution is 2.25. The second-order valence-corrected chi connectivity index (χ2v) is 5.63. The smallest absolute Gasteiger partial charge is 0.0172 e. The average Bonchev–Trinajstić information content (AvgIpc) is 2.76. The lowest BCUT2D eigenvalue weighted by atomic mass is 10.2. The predicted octanol–water partition coefficient (Wildman–Crippen LogP) is 2.20.